The molecule has 1 aliphatic rings. The highest BCUT2D eigenvalue weighted by molar-refractivity contribution is 6.29. The summed E-state index contributed by atoms with van der Waals surface area (Å²) in [7, 11) is 0. The summed E-state index contributed by atoms with van der Waals surface area (Å²) in [6.45, 7) is 0. The number of benzene rings is 6. The van der Waals surface area contributed by atoms with Gasteiger partial charge in [0.15, 0.2) is 0 Å². The summed E-state index contributed by atoms with van der Waals surface area (Å²) in [4.78, 5) is 0. The number of hydrogen-bond acceptors (Lipinski definition) is 0. The lowest BCUT2D eigenvalue weighted by atomic mass is 9.90. The first kappa shape index (κ1) is 16.0. The summed E-state index contributed by atoms with van der Waals surface area (Å²) in [6.07, 6.45) is 0. The van der Waals surface area contributed by atoms with E-state index in [4.69, 9.17) is 0 Å². The second-order valence-corrected chi connectivity index (χ2v) is 8.13. The zero-order valence-electron chi connectivity index (χ0n) is 16.4. The van der Waals surface area contributed by atoms with Crippen LogP contribution in [0.25, 0.3) is 65.7 Å². The molecule has 0 aromatic heterocycles. The maximum atomic E-state index is 2.39. The van der Waals surface area contributed by atoms with Gasteiger partial charge in [0.05, 0.1) is 0 Å². The summed E-state index contributed by atoms with van der Waals surface area (Å²) >= 11 is 0. The van der Waals surface area contributed by atoms with Gasteiger partial charge >= 0.3 is 0 Å². The van der Waals surface area contributed by atoms with Crippen LogP contribution in [0.5, 0.6) is 0 Å². The Hall–Kier alpha value is -3.90. The van der Waals surface area contributed by atoms with Crippen molar-refractivity contribution in [2.24, 2.45) is 0 Å². The van der Waals surface area contributed by atoms with Crippen LogP contribution < -0.4 is 0 Å². The molecule has 0 saturated carbocycles. The van der Waals surface area contributed by atoms with E-state index in [9.17, 15) is 0 Å². The third-order valence-corrected chi connectivity index (χ3v) is 6.58. The number of fused-ring (bicyclic) bond motifs is 7. The highest BCUT2D eigenvalue weighted by Gasteiger charge is 2.26. The van der Waals surface area contributed by atoms with Gasteiger partial charge < -0.3 is 0 Å². The van der Waals surface area contributed by atoms with E-state index in [0.717, 1.165) is 0 Å². The van der Waals surface area contributed by atoms with E-state index >= 15 is 0 Å². The fourth-order valence-corrected chi connectivity index (χ4v) is 5.31. The monoisotopic (exact) mass is 378 g/mol. The quantitative estimate of drug-likeness (QED) is 0.251. The molecule has 0 N–H and O–H groups in total. The molecule has 30 heavy (non-hydrogen) atoms. The molecule has 0 unspecified atom stereocenters. The van der Waals surface area contributed by atoms with E-state index in [1.165, 1.54) is 65.7 Å². The molecule has 0 bridgehead atoms. The zero-order chi connectivity index (χ0) is 19.7. The minimum atomic E-state index is 1.27. The van der Waals surface area contributed by atoms with Crippen molar-refractivity contribution in [1.29, 1.82) is 0 Å². The Morgan fingerprint density at radius 2 is 1.03 bits per heavy atom. The second-order valence-electron chi connectivity index (χ2n) is 8.13. The average molecular weight is 378 g/mol. The van der Waals surface area contributed by atoms with E-state index in [0.29, 0.717) is 0 Å². The average Bonchev–Trinajstić information content (AvgIpc) is 3.14. The Labute approximate surface area is 175 Å². The Bertz CT molecular complexity index is 1620. The van der Waals surface area contributed by atoms with Crippen molar-refractivity contribution >= 4 is 32.3 Å². The largest absolute Gasteiger partial charge is 0.0622 e. The standard InChI is InChI=1S/C30H18/c1-2-8-19(9-3-1)24-16-17-26-28-22-12-6-4-10-20(22)14-15-25(28)27-18-21-11-5-7-13-23(21)29(24)30(26)27/h1-18H. The third-order valence-electron chi connectivity index (χ3n) is 6.58. The molecule has 1 aliphatic carbocycles. The molecule has 0 atom stereocenters. The van der Waals surface area contributed by atoms with Gasteiger partial charge in [-0.3, -0.25) is 0 Å². The first-order valence-electron chi connectivity index (χ1n) is 10.5. The Balaban J connectivity index is 1.73. The Morgan fingerprint density at radius 1 is 0.367 bits per heavy atom. The number of hydrogen-bond donors (Lipinski definition) is 0. The summed E-state index contributed by atoms with van der Waals surface area (Å²) in [5.74, 6) is 0. The summed E-state index contributed by atoms with van der Waals surface area (Å²) in [5, 5.41) is 8.02. The summed E-state index contributed by atoms with van der Waals surface area (Å²) in [6, 6.07) is 39.9. The molecule has 0 aliphatic heterocycles. The van der Waals surface area contributed by atoms with Crippen molar-refractivity contribution in [3.05, 3.63) is 109 Å². The van der Waals surface area contributed by atoms with Crippen LogP contribution >= 0.6 is 0 Å². The molecule has 0 saturated heterocycles. The van der Waals surface area contributed by atoms with Crippen LogP contribution in [0.15, 0.2) is 109 Å². The first-order valence-corrected chi connectivity index (χ1v) is 10.5. The topological polar surface area (TPSA) is 0 Å². The van der Waals surface area contributed by atoms with E-state index < -0.39 is 0 Å². The lowest BCUT2D eigenvalue weighted by molar-refractivity contribution is 1.66. The van der Waals surface area contributed by atoms with Gasteiger partial charge in [-0.05, 0) is 71.8 Å². The van der Waals surface area contributed by atoms with Gasteiger partial charge in [0, 0.05) is 0 Å². The Kier molecular flexibility index (Phi) is 3.09. The van der Waals surface area contributed by atoms with Gasteiger partial charge in [-0.1, -0.05) is 103 Å². The fraction of sp³-hybridized carbons (Fsp3) is 0. The maximum Gasteiger partial charge on any atom is -0.00134 e. The normalized spacial score (nSPS) is 12.0. The van der Waals surface area contributed by atoms with Crippen molar-refractivity contribution in [1.82, 2.24) is 0 Å². The minimum absolute atomic E-state index is 1.27. The molecule has 0 heteroatoms. The van der Waals surface area contributed by atoms with E-state index in [-0.39, 0.29) is 0 Å². The molecular weight excluding hydrogens is 360 g/mol. The van der Waals surface area contributed by atoms with E-state index in [1.54, 1.807) is 0 Å². The SMILES string of the molecule is c1ccc(-c2ccc3c4c(cc5ccccc5c24)-c2ccc4ccccc4c2-3)cc1. The molecule has 0 amide bonds. The van der Waals surface area contributed by atoms with Crippen molar-refractivity contribution in [3.63, 3.8) is 0 Å². The van der Waals surface area contributed by atoms with Gasteiger partial charge in [-0.2, -0.15) is 0 Å². The maximum absolute atomic E-state index is 2.39. The lowest BCUT2D eigenvalue weighted by Crippen LogP contribution is -1.86. The second kappa shape index (κ2) is 5.81. The molecule has 138 valence electrons. The fourth-order valence-electron chi connectivity index (χ4n) is 5.31. The van der Waals surface area contributed by atoms with Gasteiger partial charge in [0.25, 0.3) is 0 Å². The molecule has 0 radical (unpaired) electrons. The van der Waals surface area contributed by atoms with E-state index in [1.807, 2.05) is 0 Å². The highest BCUT2D eigenvalue weighted by atomic mass is 14.3. The minimum Gasteiger partial charge on any atom is -0.0622 e. The highest BCUT2D eigenvalue weighted by Crippen LogP contribution is 2.53. The zero-order valence-corrected chi connectivity index (χ0v) is 16.4. The first-order chi connectivity index (χ1) is 14.9. The molecule has 0 heterocycles. The van der Waals surface area contributed by atoms with Crippen molar-refractivity contribution in [2.75, 3.05) is 0 Å². The third kappa shape index (κ3) is 2.00. The van der Waals surface area contributed by atoms with Gasteiger partial charge in [-0.25, -0.2) is 0 Å². The van der Waals surface area contributed by atoms with Crippen LogP contribution in [0.2, 0.25) is 0 Å². The van der Waals surface area contributed by atoms with Crippen LogP contribution in [0.4, 0.5) is 0 Å². The smallest absolute Gasteiger partial charge is 0.00134 e. The van der Waals surface area contributed by atoms with Crippen molar-refractivity contribution < 1.29 is 0 Å². The van der Waals surface area contributed by atoms with Crippen LogP contribution in [0, 0.1) is 0 Å². The molecule has 0 fully saturated rings. The summed E-state index contributed by atoms with van der Waals surface area (Å²) in [5.41, 5.74) is 8.03. The van der Waals surface area contributed by atoms with Gasteiger partial charge in [0.2, 0.25) is 0 Å². The van der Waals surface area contributed by atoms with Gasteiger partial charge in [0.1, 0.15) is 0 Å². The van der Waals surface area contributed by atoms with Crippen LogP contribution in [0.1, 0.15) is 0 Å². The van der Waals surface area contributed by atoms with Crippen molar-refractivity contribution in [2.45, 2.75) is 0 Å². The van der Waals surface area contributed by atoms with Gasteiger partial charge in [-0.15, -0.1) is 0 Å². The van der Waals surface area contributed by atoms with Crippen molar-refractivity contribution in [3.8, 4) is 33.4 Å². The molecule has 6 aromatic rings. The number of rotatable bonds is 1. The lowest BCUT2D eigenvalue weighted by Gasteiger charge is -2.13. The predicted octanol–water partition coefficient (Wildman–Crippen LogP) is 8.46. The molecule has 6 aromatic carbocycles. The van der Waals surface area contributed by atoms with E-state index in [2.05, 4.69) is 109 Å². The molecule has 0 nitrogen and oxygen atoms in total. The molecule has 0 spiro atoms. The van der Waals surface area contributed by atoms with Crippen LogP contribution in [-0.4, -0.2) is 0 Å². The Morgan fingerprint density at radius 3 is 1.90 bits per heavy atom. The predicted molar refractivity (Wildman–Crippen MR) is 129 cm³/mol. The summed E-state index contributed by atoms with van der Waals surface area (Å²) < 4.78 is 0. The molecule has 7 rings (SSSR count). The van der Waals surface area contributed by atoms with Crippen LogP contribution in [-0.2, 0) is 0 Å². The van der Waals surface area contributed by atoms with Crippen LogP contribution in [0.3, 0.4) is 0 Å². The molecular formula is C30H18.